The first-order valence-electron chi connectivity index (χ1n) is 9.81. The molecule has 154 valence electrons. The van der Waals surface area contributed by atoms with Crippen molar-refractivity contribution >= 4 is 33.9 Å². The van der Waals surface area contributed by atoms with Gasteiger partial charge in [0.25, 0.3) is 5.91 Å². The number of anilines is 1. The van der Waals surface area contributed by atoms with Crippen LogP contribution < -0.4 is 16.1 Å². The molecule has 0 saturated carbocycles. The van der Waals surface area contributed by atoms with Gasteiger partial charge in [0.15, 0.2) is 0 Å². The molecule has 1 aromatic heterocycles. The highest BCUT2D eigenvalue weighted by molar-refractivity contribution is 7.17. The van der Waals surface area contributed by atoms with Crippen molar-refractivity contribution in [2.24, 2.45) is 10.9 Å². The van der Waals surface area contributed by atoms with Crippen LogP contribution in [0.4, 0.5) is 10.8 Å². The maximum Gasteiger partial charge on any atom is 0.267 e. The second kappa shape index (κ2) is 8.10. The summed E-state index contributed by atoms with van der Waals surface area (Å²) in [4.78, 5) is 22.1. The molecule has 1 amide bonds. The molecule has 3 heterocycles. The minimum Gasteiger partial charge on any atom is -0.508 e. The second-order valence-electron chi connectivity index (χ2n) is 7.67. The Morgan fingerprint density at radius 1 is 1.41 bits per heavy atom. The lowest BCUT2D eigenvalue weighted by Gasteiger charge is -2.22. The molecule has 2 fully saturated rings. The second-order valence-corrected chi connectivity index (χ2v) is 8.68. The van der Waals surface area contributed by atoms with Crippen molar-refractivity contribution in [1.82, 2.24) is 20.7 Å². The number of aliphatic imine (C=N–C) groups is 1. The van der Waals surface area contributed by atoms with E-state index in [1.807, 2.05) is 6.92 Å². The van der Waals surface area contributed by atoms with Gasteiger partial charge in [0.05, 0.1) is 11.9 Å². The van der Waals surface area contributed by atoms with Crippen LogP contribution in [0.15, 0.2) is 23.3 Å². The molecule has 29 heavy (non-hydrogen) atoms. The molecule has 2 aliphatic rings. The monoisotopic (exact) mass is 414 g/mol. The highest BCUT2D eigenvalue weighted by atomic mass is 32.1. The van der Waals surface area contributed by atoms with Crippen LogP contribution in [0.25, 0.3) is 0 Å². The lowest BCUT2D eigenvalue weighted by atomic mass is 10.1. The number of nitrogens with zero attached hydrogens (tertiary/aromatic N) is 3. The quantitative estimate of drug-likeness (QED) is 0.613. The number of amides is 1. The van der Waals surface area contributed by atoms with Gasteiger partial charge < -0.3 is 21.2 Å². The molecule has 2 aliphatic heterocycles. The van der Waals surface area contributed by atoms with Gasteiger partial charge in [0.1, 0.15) is 16.5 Å². The number of hydrogen-bond acceptors (Lipinski definition) is 7. The van der Waals surface area contributed by atoms with Gasteiger partial charge in [-0.05, 0) is 38.4 Å². The Bertz CT molecular complexity index is 950. The number of aryl methyl sites for hydroxylation is 1. The van der Waals surface area contributed by atoms with Crippen LogP contribution in [-0.2, 0) is 0 Å². The average molecular weight is 415 g/mol. The lowest BCUT2D eigenvalue weighted by molar-refractivity contribution is 0.103. The van der Waals surface area contributed by atoms with Gasteiger partial charge in [0, 0.05) is 30.6 Å². The van der Waals surface area contributed by atoms with E-state index in [0.717, 1.165) is 37.5 Å². The number of hydrogen-bond donors (Lipinski definition) is 4. The molecular weight excluding hydrogens is 388 g/mol. The third kappa shape index (κ3) is 4.12. The SMILES string of the molecule is Cc1ccc(O)c(C)c1NC(=O)c1cnc(/N=C2/NN([C@@H]3CCNC3)CC2C)s1. The summed E-state index contributed by atoms with van der Waals surface area (Å²) in [5.74, 6) is 1.08. The molecule has 0 radical (unpaired) electrons. The largest absolute Gasteiger partial charge is 0.508 e. The summed E-state index contributed by atoms with van der Waals surface area (Å²) in [7, 11) is 0. The standard InChI is InChI=1S/C20H26N6O2S/c1-11-4-5-15(27)13(3)17(11)23-19(28)16-9-22-20(29-16)24-18-12(2)10-26(25-18)14-6-7-21-8-14/h4-5,9,12,14,21,27H,6-8,10H2,1-3H3,(H,23,28)(H,22,24,25)/t12?,14-/m1/s1. The van der Waals surface area contributed by atoms with Gasteiger partial charge in [-0.15, -0.1) is 0 Å². The summed E-state index contributed by atoms with van der Waals surface area (Å²) in [6.07, 6.45) is 2.67. The summed E-state index contributed by atoms with van der Waals surface area (Å²) in [6.45, 7) is 8.77. The fourth-order valence-electron chi connectivity index (χ4n) is 3.69. The first-order chi connectivity index (χ1) is 13.9. The molecule has 2 atom stereocenters. The Labute approximate surface area is 174 Å². The van der Waals surface area contributed by atoms with Crippen LogP contribution in [0.2, 0.25) is 0 Å². The zero-order valence-electron chi connectivity index (χ0n) is 16.8. The first-order valence-corrected chi connectivity index (χ1v) is 10.6. The van der Waals surface area contributed by atoms with E-state index >= 15 is 0 Å². The first kappa shape index (κ1) is 19.8. The minimum absolute atomic E-state index is 0.158. The summed E-state index contributed by atoms with van der Waals surface area (Å²) in [5.41, 5.74) is 5.58. The van der Waals surface area contributed by atoms with Gasteiger partial charge >= 0.3 is 0 Å². The summed E-state index contributed by atoms with van der Waals surface area (Å²) in [5, 5.41) is 19.0. The fraction of sp³-hybridized carbons (Fsp3) is 0.450. The number of aromatic nitrogens is 1. The molecule has 4 rings (SSSR count). The van der Waals surface area contributed by atoms with Gasteiger partial charge in [0.2, 0.25) is 5.13 Å². The van der Waals surface area contributed by atoms with Crippen LogP contribution in [-0.4, -0.2) is 52.5 Å². The number of carbonyl (C=O) groups excluding carboxylic acids is 1. The van der Waals surface area contributed by atoms with Crippen LogP contribution in [0.3, 0.4) is 0 Å². The van der Waals surface area contributed by atoms with Gasteiger partial charge in [-0.2, -0.15) is 0 Å². The number of amidine groups is 1. The van der Waals surface area contributed by atoms with Crippen LogP contribution in [0.5, 0.6) is 5.75 Å². The lowest BCUT2D eigenvalue weighted by Crippen LogP contribution is -2.42. The zero-order valence-corrected chi connectivity index (χ0v) is 17.6. The van der Waals surface area contributed by atoms with Crippen LogP contribution in [0.1, 0.15) is 34.1 Å². The van der Waals surface area contributed by atoms with Crippen molar-refractivity contribution in [3.8, 4) is 5.75 Å². The highest BCUT2D eigenvalue weighted by Crippen LogP contribution is 2.30. The normalized spacial score (nSPS) is 23.5. The number of rotatable bonds is 4. The van der Waals surface area contributed by atoms with Crippen molar-refractivity contribution in [1.29, 1.82) is 0 Å². The Balaban J connectivity index is 1.46. The number of benzene rings is 1. The van der Waals surface area contributed by atoms with E-state index in [1.165, 1.54) is 11.3 Å². The molecule has 1 unspecified atom stereocenters. The van der Waals surface area contributed by atoms with Crippen molar-refractivity contribution in [2.75, 3.05) is 25.0 Å². The summed E-state index contributed by atoms with van der Waals surface area (Å²) < 4.78 is 0. The Morgan fingerprint density at radius 3 is 3.00 bits per heavy atom. The maximum absolute atomic E-state index is 12.7. The molecule has 2 saturated heterocycles. The van der Waals surface area contributed by atoms with Crippen molar-refractivity contribution in [2.45, 2.75) is 33.2 Å². The maximum atomic E-state index is 12.7. The third-order valence-corrected chi connectivity index (χ3v) is 6.38. The molecule has 9 heteroatoms. The number of carbonyl (C=O) groups is 1. The number of hydrazine groups is 1. The summed E-state index contributed by atoms with van der Waals surface area (Å²) in [6, 6.07) is 3.89. The number of thiazole rings is 1. The van der Waals surface area contributed by atoms with E-state index in [1.54, 1.807) is 25.3 Å². The number of nitrogens with one attached hydrogen (secondary N) is 3. The number of phenolic OH excluding ortho intramolecular Hbond substituents is 1. The molecule has 8 nitrogen and oxygen atoms in total. The highest BCUT2D eigenvalue weighted by Gasteiger charge is 2.32. The molecule has 4 N–H and O–H groups in total. The van der Waals surface area contributed by atoms with E-state index < -0.39 is 0 Å². The predicted molar refractivity (Wildman–Crippen MR) is 115 cm³/mol. The van der Waals surface area contributed by atoms with Crippen molar-refractivity contribution < 1.29 is 9.90 Å². The van der Waals surface area contributed by atoms with Crippen molar-refractivity contribution in [3.63, 3.8) is 0 Å². The molecular formula is C20H26N6O2S. The topological polar surface area (TPSA) is 102 Å². The molecule has 2 aromatic rings. The molecule has 0 spiro atoms. The van der Waals surface area contributed by atoms with Gasteiger partial charge in [-0.1, -0.05) is 24.3 Å². The predicted octanol–water partition coefficient (Wildman–Crippen LogP) is 2.57. The fourth-order valence-corrected chi connectivity index (χ4v) is 4.39. The zero-order chi connectivity index (χ0) is 20.5. The van der Waals surface area contributed by atoms with E-state index in [-0.39, 0.29) is 17.6 Å². The van der Waals surface area contributed by atoms with Gasteiger partial charge in [-0.25, -0.2) is 15.0 Å². The number of aromatic hydroxyl groups is 1. The van der Waals surface area contributed by atoms with Crippen molar-refractivity contribution in [3.05, 3.63) is 34.3 Å². The third-order valence-electron chi connectivity index (χ3n) is 5.49. The molecule has 0 aliphatic carbocycles. The van der Waals surface area contributed by atoms with E-state index in [9.17, 15) is 9.90 Å². The Hall–Kier alpha value is -2.49. The summed E-state index contributed by atoms with van der Waals surface area (Å²) >= 11 is 1.25. The smallest absolute Gasteiger partial charge is 0.267 e. The number of phenols is 1. The average Bonchev–Trinajstić information content (AvgIpc) is 3.44. The van der Waals surface area contributed by atoms with Gasteiger partial charge in [-0.3, -0.25) is 4.79 Å². The Kier molecular flexibility index (Phi) is 5.53. The van der Waals surface area contributed by atoms with E-state index in [2.05, 4.69) is 38.0 Å². The molecule has 1 aromatic carbocycles. The van der Waals surface area contributed by atoms with E-state index in [0.29, 0.717) is 27.3 Å². The minimum atomic E-state index is -0.253. The van der Waals surface area contributed by atoms with Crippen LogP contribution in [0, 0.1) is 19.8 Å². The van der Waals surface area contributed by atoms with Crippen LogP contribution >= 0.6 is 11.3 Å². The van der Waals surface area contributed by atoms with E-state index in [4.69, 9.17) is 0 Å². The Morgan fingerprint density at radius 2 is 2.24 bits per heavy atom. The molecule has 0 bridgehead atoms.